The largest absolute Gasteiger partial charge is 0.546 e. The van der Waals surface area contributed by atoms with E-state index in [1.54, 1.807) is 0 Å². The SMILES string of the molecule is CCCCCc1n(CC)c(C)c[n+]1CC(=O)[O-]. The Labute approximate surface area is 103 Å². The van der Waals surface area contributed by atoms with Crippen molar-refractivity contribution in [2.24, 2.45) is 0 Å². The third kappa shape index (κ3) is 3.58. The lowest BCUT2D eigenvalue weighted by Crippen LogP contribution is -2.45. The van der Waals surface area contributed by atoms with Gasteiger partial charge in [0.1, 0.15) is 18.4 Å². The molecular weight excluding hydrogens is 216 g/mol. The predicted octanol–water partition coefficient (Wildman–Crippen LogP) is 0.587. The first-order valence-electron chi connectivity index (χ1n) is 6.38. The normalized spacial score (nSPS) is 10.8. The number of hydrogen-bond donors (Lipinski definition) is 0. The van der Waals surface area contributed by atoms with E-state index in [1.165, 1.54) is 12.8 Å². The van der Waals surface area contributed by atoms with E-state index in [1.807, 2.05) is 17.7 Å². The molecule has 0 fully saturated rings. The van der Waals surface area contributed by atoms with Crippen molar-refractivity contribution in [1.29, 1.82) is 0 Å². The third-order valence-corrected chi connectivity index (χ3v) is 3.03. The van der Waals surface area contributed by atoms with Gasteiger partial charge in [0.05, 0.1) is 12.5 Å². The standard InChI is InChI=1S/C13H22N2O2/c1-4-6-7-8-12-14(10-13(16)17)9-11(3)15(12)5-2/h9H,4-8,10H2,1-3H3. The molecule has 0 saturated heterocycles. The van der Waals surface area contributed by atoms with Gasteiger partial charge in [0.15, 0.2) is 0 Å². The highest BCUT2D eigenvalue weighted by Gasteiger charge is 2.19. The monoisotopic (exact) mass is 238 g/mol. The molecule has 4 nitrogen and oxygen atoms in total. The number of hydrogen-bond acceptors (Lipinski definition) is 2. The van der Waals surface area contributed by atoms with Crippen LogP contribution < -0.4 is 9.67 Å². The van der Waals surface area contributed by atoms with Crippen LogP contribution in [0, 0.1) is 6.92 Å². The molecule has 1 heterocycles. The van der Waals surface area contributed by atoms with Crippen LogP contribution in [0.1, 0.15) is 44.6 Å². The zero-order valence-electron chi connectivity index (χ0n) is 11.0. The van der Waals surface area contributed by atoms with Crippen molar-refractivity contribution in [3.8, 4) is 0 Å². The van der Waals surface area contributed by atoms with Gasteiger partial charge in [-0.3, -0.25) is 0 Å². The second-order valence-corrected chi connectivity index (χ2v) is 4.39. The number of carbonyl (C=O) groups excluding carboxylic acids is 1. The number of carbonyl (C=O) groups is 1. The van der Waals surface area contributed by atoms with Crippen molar-refractivity contribution in [2.45, 2.75) is 59.5 Å². The number of rotatable bonds is 7. The van der Waals surface area contributed by atoms with Crippen LogP contribution in [0.3, 0.4) is 0 Å². The maximum atomic E-state index is 10.7. The molecule has 0 aliphatic carbocycles. The fourth-order valence-corrected chi connectivity index (χ4v) is 2.25. The predicted molar refractivity (Wildman–Crippen MR) is 63.3 cm³/mol. The quantitative estimate of drug-likeness (QED) is 0.515. The first kappa shape index (κ1) is 13.7. The molecule has 0 bridgehead atoms. The molecule has 1 rings (SSSR count). The zero-order valence-corrected chi connectivity index (χ0v) is 11.0. The van der Waals surface area contributed by atoms with E-state index in [0.717, 1.165) is 30.9 Å². The smallest absolute Gasteiger partial charge is 0.256 e. The van der Waals surface area contributed by atoms with Gasteiger partial charge < -0.3 is 9.90 Å². The van der Waals surface area contributed by atoms with Gasteiger partial charge in [0, 0.05) is 13.3 Å². The highest BCUT2D eigenvalue weighted by molar-refractivity contribution is 5.62. The Morgan fingerprint density at radius 1 is 1.41 bits per heavy atom. The highest BCUT2D eigenvalue weighted by atomic mass is 16.4. The van der Waals surface area contributed by atoms with E-state index in [-0.39, 0.29) is 6.54 Å². The molecule has 17 heavy (non-hydrogen) atoms. The molecule has 96 valence electrons. The van der Waals surface area contributed by atoms with Crippen molar-refractivity contribution in [3.63, 3.8) is 0 Å². The summed E-state index contributed by atoms with van der Waals surface area (Å²) in [6.45, 7) is 7.10. The molecule has 0 saturated carbocycles. The number of aromatic nitrogens is 2. The van der Waals surface area contributed by atoms with Gasteiger partial charge in [-0.05, 0) is 13.3 Å². The molecule has 0 atom stereocenters. The summed E-state index contributed by atoms with van der Waals surface area (Å²) < 4.78 is 3.99. The van der Waals surface area contributed by atoms with E-state index in [9.17, 15) is 9.90 Å². The molecule has 0 spiro atoms. The molecule has 0 aromatic carbocycles. The fraction of sp³-hybridized carbons (Fsp3) is 0.692. The average molecular weight is 238 g/mol. The van der Waals surface area contributed by atoms with Gasteiger partial charge in [-0.1, -0.05) is 19.8 Å². The van der Waals surface area contributed by atoms with Gasteiger partial charge in [-0.2, -0.15) is 0 Å². The van der Waals surface area contributed by atoms with Gasteiger partial charge in [0.25, 0.3) is 5.82 Å². The molecule has 0 aliphatic heterocycles. The van der Waals surface area contributed by atoms with Crippen LogP contribution in [0.2, 0.25) is 0 Å². The number of aryl methyl sites for hydroxylation is 1. The summed E-state index contributed by atoms with van der Waals surface area (Å²) in [6.07, 6.45) is 6.29. The topological polar surface area (TPSA) is 48.9 Å². The van der Waals surface area contributed by atoms with Crippen molar-refractivity contribution < 1.29 is 14.5 Å². The lowest BCUT2D eigenvalue weighted by Gasteiger charge is -2.04. The fourth-order valence-electron chi connectivity index (χ4n) is 2.25. The van der Waals surface area contributed by atoms with Gasteiger partial charge in [-0.25, -0.2) is 9.13 Å². The van der Waals surface area contributed by atoms with Crippen LogP contribution in [0.15, 0.2) is 6.20 Å². The molecule has 0 unspecified atom stereocenters. The molecule has 1 aromatic heterocycles. The van der Waals surface area contributed by atoms with E-state index in [0.29, 0.717) is 0 Å². The number of imidazole rings is 1. The van der Waals surface area contributed by atoms with Crippen LogP contribution in [-0.4, -0.2) is 10.5 Å². The molecular formula is C13H22N2O2. The van der Waals surface area contributed by atoms with Crippen LogP contribution in [0.4, 0.5) is 0 Å². The van der Waals surface area contributed by atoms with E-state index in [2.05, 4.69) is 18.4 Å². The number of carboxylic acids is 1. The minimum absolute atomic E-state index is 0.0463. The van der Waals surface area contributed by atoms with Crippen LogP contribution in [-0.2, 0) is 24.3 Å². The Hall–Kier alpha value is -1.32. The molecule has 4 heteroatoms. The minimum Gasteiger partial charge on any atom is -0.546 e. The van der Waals surface area contributed by atoms with E-state index < -0.39 is 5.97 Å². The molecule has 1 aromatic rings. The van der Waals surface area contributed by atoms with Gasteiger partial charge in [-0.15, -0.1) is 0 Å². The third-order valence-electron chi connectivity index (χ3n) is 3.03. The van der Waals surface area contributed by atoms with Crippen molar-refractivity contribution in [1.82, 2.24) is 4.57 Å². The second kappa shape index (κ2) is 6.42. The Balaban J connectivity index is 2.90. The Morgan fingerprint density at radius 2 is 2.12 bits per heavy atom. The molecule has 0 N–H and O–H groups in total. The number of nitrogens with zero attached hydrogens (tertiary/aromatic N) is 2. The average Bonchev–Trinajstić information content (AvgIpc) is 2.54. The molecule has 0 amide bonds. The highest BCUT2D eigenvalue weighted by Crippen LogP contribution is 2.07. The lowest BCUT2D eigenvalue weighted by atomic mass is 10.2. The minimum atomic E-state index is -1.03. The first-order valence-corrected chi connectivity index (χ1v) is 6.38. The van der Waals surface area contributed by atoms with Crippen LogP contribution in [0.5, 0.6) is 0 Å². The zero-order chi connectivity index (χ0) is 12.8. The van der Waals surface area contributed by atoms with Crippen molar-refractivity contribution in [3.05, 3.63) is 17.7 Å². The summed E-state index contributed by atoms with van der Waals surface area (Å²) in [4.78, 5) is 10.7. The summed E-state index contributed by atoms with van der Waals surface area (Å²) in [6, 6.07) is 0. The summed E-state index contributed by atoms with van der Waals surface area (Å²) in [7, 11) is 0. The maximum Gasteiger partial charge on any atom is 0.256 e. The number of aliphatic carboxylic acids is 1. The van der Waals surface area contributed by atoms with E-state index >= 15 is 0 Å². The summed E-state index contributed by atoms with van der Waals surface area (Å²) in [5.74, 6) is 0.0719. The molecule has 0 aliphatic rings. The summed E-state index contributed by atoms with van der Waals surface area (Å²) in [5, 5.41) is 10.7. The first-order chi connectivity index (χ1) is 8.10. The number of unbranched alkanes of at least 4 members (excludes halogenated alkanes) is 2. The van der Waals surface area contributed by atoms with Crippen LogP contribution >= 0.6 is 0 Å². The van der Waals surface area contributed by atoms with Crippen molar-refractivity contribution >= 4 is 5.97 Å². The number of carboxylic acid groups (broad SMARTS) is 1. The van der Waals surface area contributed by atoms with Crippen molar-refractivity contribution in [2.75, 3.05) is 0 Å². The van der Waals surface area contributed by atoms with Gasteiger partial charge >= 0.3 is 0 Å². The molecule has 0 radical (unpaired) electrons. The summed E-state index contributed by atoms with van der Waals surface area (Å²) in [5.41, 5.74) is 1.11. The van der Waals surface area contributed by atoms with E-state index in [4.69, 9.17) is 0 Å². The van der Waals surface area contributed by atoms with Gasteiger partial charge in [0.2, 0.25) is 0 Å². The summed E-state index contributed by atoms with van der Waals surface area (Å²) >= 11 is 0. The Bertz CT molecular complexity index is 383. The van der Waals surface area contributed by atoms with Crippen LogP contribution in [0.25, 0.3) is 0 Å². The Kier molecular flexibility index (Phi) is 5.19. The lowest BCUT2D eigenvalue weighted by molar-refractivity contribution is -0.697. The maximum absolute atomic E-state index is 10.7. The second-order valence-electron chi connectivity index (χ2n) is 4.39. The Morgan fingerprint density at radius 3 is 2.65 bits per heavy atom.